The minimum absolute atomic E-state index is 0. The minimum atomic E-state index is 0. The minimum Gasteiger partial charge on any atom is -0.214 e. The average molecular weight is 235 g/mol. The standard InChI is InChI=1S/2C5H5.2Li.Zr/c2*1-2-4-5-3-1;;;/h2*1-5H;;;/q2*-1;2*+1;. The Morgan fingerprint density at radius 2 is 0.769 bits per heavy atom. The van der Waals surface area contributed by atoms with Crippen LogP contribution >= 0.6 is 0 Å². The van der Waals surface area contributed by atoms with E-state index in [2.05, 4.69) is 0 Å². The summed E-state index contributed by atoms with van der Waals surface area (Å²) in [5.74, 6) is 0. The summed E-state index contributed by atoms with van der Waals surface area (Å²) >= 11 is 0. The first-order valence-electron chi connectivity index (χ1n) is 3.33. The van der Waals surface area contributed by atoms with E-state index in [0.29, 0.717) is 0 Å². The second kappa shape index (κ2) is 15.3. The first-order chi connectivity index (χ1) is 5.00. The van der Waals surface area contributed by atoms with Crippen molar-refractivity contribution in [1.82, 2.24) is 0 Å². The van der Waals surface area contributed by atoms with E-state index in [1.807, 2.05) is 60.7 Å². The first-order valence-corrected chi connectivity index (χ1v) is 3.33. The van der Waals surface area contributed by atoms with Crippen LogP contribution in [-0.2, 0) is 26.2 Å². The molecule has 56 valence electrons. The summed E-state index contributed by atoms with van der Waals surface area (Å²) in [5.41, 5.74) is 0. The summed E-state index contributed by atoms with van der Waals surface area (Å²) in [6.07, 6.45) is 0. The van der Waals surface area contributed by atoms with Gasteiger partial charge in [0, 0.05) is 26.2 Å². The molecule has 0 saturated heterocycles. The van der Waals surface area contributed by atoms with Crippen LogP contribution in [-0.4, -0.2) is 0 Å². The van der Waals surface area contributed by atoms with E-state index < -0.39 is 0 Å². The van der Waals surface area contributed by atoms with E-state index in [0.717, 1.165) is 0 Å². The van der Waals surface area contributed by atoms with E-state index in [-0.39, 0.29) is 63.9 Å². The molecule has 0 radical (unpaired) electrons. The van der Waals surface area contributed by atoms with Gasteiger partial charge in [0.25, 0.3) is 0 Å². The maximum absolute atomic E-state index is 2.00. The molecular weight excluding hydrogens is 225 g/mol. The van der Waals surface area contributed by atoms with Crippen LogP contribution in [0.15, 0.2) is 60.7 Å². The topological polar surface area (TPSA) is 0 Å². The van der Waals surface area contributed by atoms with Crippen molar-refractivity contribution < 1.29 is 63.9 Å². The van der Waals surface area contributed by atoms with Gasteiger partial charge in [-0.3, -0.25) is 0 Å². The molecule has 0 heterocycles. The quantitative estimate of drug-likeness (QED) is 0.334. The van der Waals surface area contributed by atoms with Crippen molar-refractivity contribution in [3.05, 3.63) is 60.7 Å². The van der Waals surface area contributed by atoms with Crippen molar-refractivity contribution >= 4 is 0 Å². The number of hydrogen-bond acceptors (Lipinski definition) is 0. The molecule has 0 bridgehead atoms. The number of rotatable bonds is 0. The smallest absolute Gasteiger partial charge is 0.214 e. The summed E-state index contributed by atoms with van der Waals surface area (Å²) < 4.78 is 0. The van der Waals surface area contributed by atoms with Crippen LogP contribution in [0, 0.1) is 0 Å². The van der Waals surface area contributed by atoms with Gasteiger partial charge >= 0.3 is 37.7 Å². The first kappa shape index (κ1) is 19.4. The largest absolute Gasteiger partial charge is 1.00 e. The molecule has 0 saturated carbocycles. The molecule has 0 spiro atoms. The second-order valence-corrected chi connectivity index (χ2v) is 1.92. The third-order valence-electron chi connectivity index (χ3n) is 1.11. The molecule has 0 unspecified atom stereocenters. The van der Waals surface area contributed by atoms with E-state index >= 15 is 0 Å². The average Bonchev–Trinajstić information content (AvgIpc) is 2.67. The van der Waals surface area contributed by atoms with Gasteiger partial charge in [-0.1, -0.05) is 0 Å². The molecular formula is C10H10Li2Zr. The van der Waals surface area contributed by atoms with Crippen LogP contribution in [0.4, 0.5) is 0 Å². The number of hydrogen-bond donors (Lipinski definition) is 0. The van der Waals surface area contributed by atoms with Crippen molar-refractivity contribution in [3.63, 3.8) is 0 Å². The zero-order valence-corrected chi connectivity index (χ0v) is 10.7. The predicted molar refractivity (Wildman–Crippen MR) is 44.1 cm³/mol. The molecule has 0 amide bonds. The Morgan fingerprint density at radius 1 is 0.538 bits per heavy atom. The van der Waals surface area contributed by atoms with Crippen molar-refractivity contribution in [2.24, 2.45) is 0 Å². The predicted octanol–water partition coefficient (Wildman–Crippen LogP) is -3.18. The van der Waals surface area contributed by atoms with Gasteiger partial charge in [0.05, 0.1) is 0 Å². The molecule has 2 aromatic rings. The Balaban J connectivity index is -0.000000125. The van der Waals surface area contributed by atoms with Crippen molar-refractivity contribution in [2.75, 3.05) is 0 Å². The maximum Gasteiger partial charge on any atom is 1.00 e. The van der Waals surface area contributed by atoms with E-state index in [1.165, 1.54) is 0 Å². The van der Waals surface area contributed by atoms with Crippen LogP contribution < -0.4 is 37.7 Å². The summed E-state index contributed by atoms with van der Waals surface area (Å²) in [5, 5.41) is 0. The molecule has 0 N–H and O–H groups in total. The van der Waals surface area contributed by atoms with Crippen LogP contribution in [0.5, 0.6) is 0 Å². The Morgan fingerprint density at radius 3 is 0.846 bits per heavy atom. The molecule has 3 heteroatoms. The molecule has 0 aliphatic rings. The summed E-state index contributed by atoms with van der Waals surface area (Å²) in [6.45, 7) is 0. The Bertz CT molecular complexity index is 152. The van der Waals surface area contributed by atoms with Gasteiger partial charge in [-0.05, 0) is 0 Å². The Kier molecular flexibility index (Phi) is 22.7. The van der Waals surface area contributed by atoms with E-state index in [4.69, 9.17) is 0 Å². The molecule has 0 atom stereocenters. The Labute approximate surface area is 123 Å². The molecule has 0 aromatic heterocycles. The van der Waals surface area contributed by atoms with Crippen molar-refractivity contribution in [2.45, 2.75) is 0 Å². The van der Waals surface area contributed by atoms with E-state index in [9.17, 15) is 0 Å². The van der Waals surface area contributed by atoms with Gasteiger partial charge in [0.1, 0.15) is 0 Å². The maximum atomic E-state index is 2.00. The fourth-order valence-corrected chi connectivity index (χ4v) is 0.642. The third-order valence-corrected chi connectivity index (χ3v) is 1.11. The second-order valence-electron chi connectivity index (χ2n) is 1.92. The molecule has 0 fully saturated rings. The van der Waals surface area contributed by atoms with Gasteiger partial charge in [-0.2, -0.15) is 36.4 Å². The van der Waals surface area contributed by atoms with Gasteiger partial charge in [-0.25, -0.2) is 24.3 Å². The normalized spacial score (nSPS) is 6.15. The van der Waals surface area contributed by atoms with Crippen molar-refractivity contribution in [1.29, 1.82) is 0 Å². The molecule has 13 heavy (non-hydrogen) atoms. The van der Waals surface area contributed by atoms with Crippen LogP contribution in [0.3, 0.4) is 0 Å². The Hall–Kier alpha value is 0.778. The fraction of sp³-hybridized carbons (Fsp3) is 0. The van der Waals surface area contributed by atoms with Gasteiger partial charge < -0.3 is 0 Å². The third kappa shape index (κ3) is 12.8. The molecule has 0 aliphatic carbocycles. The summed E-state index contributed by atoms with van der Waals surface area (Å²) in [4.78, 5) is 0. The van der Waals surface area contributed by atoms with E-state index in [1.54, 1.807) is 0 Å². The van der Waals surface area contributed by atoms with Crippen LogP contribution in [0.1, 0.15) is 0 Å². The zero-order valence-electron chi connectivity index (χ0n) is 8.27. The molecule has 2 aromatic carbocycles. The van der Waals surface area contributed by atoms with Crippen LogP contribution in [0.25, 0.3) is 0 Å². The molecule has 2 rings (SSSR count). The van der Waals surface area contributed by atoms with Gasteiger partial charge in [0.15, 0.2) is 0 Å². The summed E-state index contributed by atoms with van der Waals surface area (Å²) in [7, 11) is 0. The molecule has 0 nitrogen and oxygen atoms in total. The SMILES string of the molecule is [Li+].[Li+].[Zr].c1cc[cH-]c1.c1cc[cH-]c1. The van der Waals surface area contributed by atoms with Gasteiger partial charge in [0.2, 0.25) is 0 Å². The zero-order chi connectivity index (χ0) is 7.07. The van der Waals surface area contributed by atoms with Crippen molar-refractivity contribution in [3.8, 4) is 0 Å². The molecule has 0 aliphatic heterocycles. The monoisotopic (exact) mass is 234 g/mol. The summed E-state index contributed by atoms with van der Waals surface area (Å²) in [6, 6.07) is 20.0. The fourth-order valence-electron chi connectivity index (χ4n) is 0.642. The van der Waals surface area contributed by atoms with Gasteiger partial charge in [-0.15, -0.1) is 0 Å². The van der Waals surface area contributed by atoms with Crippen LogP contribution in [0.2, 0.25) is 0 Å².